The SMILES string of the molecule is CC(C)C(NC1CCCc2occc21)C(=O)O. The number of hydrogen-bond donors (Lipinski definition) is 2. The highest BCUT2D eigenvalue weighted by atomic mass is 16.4. The predicted octanol–water partition coefficient (Wildman–Crippen LogP) is 2.36. The van der Waals surface area contributed by atoms with E-state index in [0.717, 1.165) is 30.6 Å². The zero-order chi connectivity index (χ0) is 12.4. The van der Waals surface area contributed by atoms with Crippen LogP contribution in [0.1, 0.15) is 44.1 Å². The first-order chi connectivity index (χ1) is 8.09. The monoisotopic (exact) mass is 237 g/mol. The lowest BCUT2D eigenvalue weighted by Crippen LogP contribution is -2.43. The molecule has 0 saturated carbocycles. The Kier molecular flexibility index (Phi) is 3.52. The first-order valence-corrected chi connectivity index (χ1v) is 6.14. The van der Waals surface area contributed by atoms with Crippen molar-refractivity contribution in [2.75, 3.05) is 0 Å². The van der Waals surface area contributed by atoms with Gasteiger partial charge in [0.25, 0.3) is 0 Å². The van der Waals surface area contributed by atoms with Crippen molar-refractivity contribution in [1.29, 1.82) is 0 Å². The third kappa shape index (κ3) is 2.52. The number of carbonyl (C=O) groups is 1. The van der Waals surface area contributed by atoms with Crippen LogP contribution in [0.4, 0.5) is 0 Å². The summed E-state index contributed by atoms with van der Waals surface area (Å²) in [6, 6.07) is 1.56. The molecule has 0 spiro atoms. The molecule has 1 aliphatic carbocycles. The van der Waals surface area contributed by atoms with E-state index < -0.39 is 12.0 Å². The van der Waals surface area contributed by atoms with Crippen LogP contribution in [0.25, 0.3) is 0 Å². The minimum absolute atomic E-state index is 0.0739. The van der Waals surface area contributed by atoms with Crippen LogP contribution in [0.15, 0.2) is 16.7 Å². The summed E-state index contributed by atoms with van der Waals surface area (Å²) in [5.74, 6) is 0.294. The molecule has 0 aromatic carbocycles. The van der Waals surface area contributed by atoms with E-state index in [1.54, 1.807) is 6.26 Å². The largest absolute Gasteiger partial charge is 0.480 e. The number of aryl methyl sites for hydroxylation is 1. The van der Waals surface area contributed by atoms with Crippen molar-refractivity contribution in [1.82, 2.24) is 5.32 Å². The van der Waals surface area contributed by atoms with E-state index in [2.05, 4.69) is 5.32 Å². The number of furan rings is 1. The minimum atomic E-state index is -0.782. The summed E-state index contributed by atoms with van der Waals surface area (Å²) in [6.45, 7) is 3.84. The van der Waals surface area contributed by atoms with E-state index in [-0.39, 0.29) is 12.0 Å². The van der Waals surface area contributed by atoms with Gasteiger partial charge >= 0.3 is 5.97 Å². The highest BCUT2D eigenvalue weighted by Crippen LogP contribution is 2.31. The van der Waals surface area contributed by atoms with Gasteiger partial charge in [-0.3, -0.25) is 10.1 Å². The van der Waals surface area contributed by atoms with Gasteiger partial charge in [-0.15, -0.1) is 0 Å². The molecule has 1 heterocycles. The molecule has 4 nitrogen and oxygen atoms in total. The Hall–Kier alpha value is -1.29. The molecule has 94 valence electrons. The second-order valence-corrected chi connectivity index (χ2v) is 4.97. The van der Waals surface area contributed by atoms with Crippen molar-refractivity contribution in [2.24, 2.45) is 5.92 Å². The van der Waals surface area contributed by atoms with E-state index in [1.807, 2.05) is 19.9 Å². The fourth-order valence-electron chi connectivity index (χ4n) is 2.43. The number of hydrogen-bond acceptors (Lipinski definition) is 3. The van der Waals surface area contributed by atoms with Gasteiger partial charge in [-0.05, 0) is 24.8 Å². The van der Waals surface area contributed by atoms with Crippen molar-refractivity contribution in [2.45, 2.75) is 45.2 Å². The van der Waals surface area contributed by atoms with Crippen molar-refractivity contribution >= 4 is 5.97 Å². The molecule has 4 heteroatoms. The van der Waals surface area contributed by atoms with Gasteiger partial charge in [-0.25, -0.2) is 0 Å². The highest BCUT2D eigenvalue weighted by molar-refractivity contribution is 5.73. The summed E-state index contributed by atoms with van der Waals surface area (Å²) >= 11 is 0. The molecule has 17 heavy (non-hydrogen) atoms. The maximum atomic E-state index is 11.2. The van der Waals surface area contributed by atoms with Crippen molar-refractivity contribution in [3.63, 3.8) is 0 Å². The summed E-state index contributed by atoms with van der Waals surface area (Å²) < 4.78 is 5.40. The van der Waals surface area contributed by atoms with Gasteiger partial charge < -0.3 is 9.52 Å². The predicted molar refractivity (Wildman–Crippen MR) is 63.8 cm³/mol. The normalized spacial score (nSPS) is 21.2. The zero-order valence-electron chi connectivity index (χ0n) is 10.3. The lowest BCUT2D eigenvalue weighted by atomic mass is 9.91. The number of carboxylic acids is 1. The second-order valence-electron chi connectivity index (χ2n) is 4.97. The molecule has 2 atom stereocenters. The quantitative estimate of drug-likeness (QED) is 0.843. The Balaban J connectivity index is 2.12. The third-order valence-electron chi connectivity index (χ3n) is 3.37. The van der Waals surface area contributed by atoms with E-state index in [1.165, 1.54) is 0 Å². The molecule has 0 amide bonds. The van der Waals surface area contributed by atoms with Gasteiger partial charge in [0.1, 0.15) is 11.8 Å². The first-order valence-electron chi connectivity index (χ1n) is 6.14. The Morgan fingerprint density at radius 3 is 3.00 bits per heavy atom. The van der Waals surface area contributed by atoms with Gasteiger partial charge in [0.15, 0.2) is 0 Å². The van der Waals surface area contributed by atoms with Gasteiger partial charge in [-0.1, -0.05) is 13.8 Å². The zero-order valence-corrected chi connectivity index (χ0v) is 10.3. The Bertz CT molecular complexity index is 397. The lowest BCUT2D eigenvalue weighted by molar-refractivity contribution is -0.141. The average Bonchev–Trinajstić information content (AvgIpc) is 2.73. The number of nitrogens with one attached hydrogen (secondary N) is 1. The van der Waals surface area contributed by atoms with Crippen LogP contribution < -0.4 is 5.32 Å². The summed E-state index contributed by atoms with van der Waals surface area (Å²) in [5, 5.41) is 12.4. The van der Waals surface area contributed by atoms with E-state index in [4.69, 9.17) is 4.42 Å². The molecule has 2 N–H and O–H groups in total. The molecule has 0 radical (unpaired) electrons. The number of fused-ring (bicyclic) bond motifs is 1. The van der Waals surface area contributed by atoms with E-state index in [0.29, 0.717) is 0 Å². The summed E-state index contributed by atoms with van der Waals surface area (Å²) in [6.07, 6.45) is 4.67. The van der Waals surface area contributed by atoms with Crippen molar-refractivity contribution in [3.8, 4) is 0 Å². The molecule has 0 aliphatic heterocycles. The van der Waals surface area contributed by atoms with Gasteiger partial charge in [0.05, 0.1) is 6.26 Å². The van der Waals surface area contributed by atoms with Crippen LogP contribution >= 0.6 is 0 Å². The smallest absolute Gasteiger partial charge is 0.320 e. The fraction of sp³-hybridized carbons (Fsp3) is 0.615. The molecule has 1 aromatic rings. The molecule has 0 fully saturated rings. The molecule has 2 rings (SSSR count). The number of carboxylic acid groups (broad SMARTS) is 1. The van der Waals surface area contributed by atoms with Gasteiger partial charge in [0.2, 0.25) is 0 Å². The summed E-state index contributed by atoms with van der Waals surface area (Å²) in [4.78, 5) is 11.2. The van der Waals surface area contributed by atoms with Crippen LogP contribution in [0, 0.1) is 5.92 Å². The van der Waals surface area contributed by atoms with Crippen molar-refractivity contribution in [3.05, 3.63) is 23.7 Å². The van der Waals surface area contributed by atoms with E-state index >= 15 is 0 Å². The van der Waals surface area contributed by atoms with Crippen LogP contribution in [0.5, 0.6) is 0 Å². The maximum Gasteiger partial charge on any atom is 0.320 e. The maximum absolute atomic E-state index is 11.2. The van der Waals surface area contributed by atoms with Gasteiger partial charge in [0, 0.05) is 18.0 Å². The van der Waals surface area contributed by atoms with Gasteiger partial charge in [-0.2, -0.15) is 0 Å². The molecule has 1 aliphatic rings. The molecular formula is C13H19NO3. The minimum Gasteiger partial charge on any atom is -0.480 e. The number of aliphatic carboxylic acids is 1. The first kappa shape index (κ1) is 12.2. The molecule has 1 aromatic heterocycles. The molecule has 2 unspecified atom stereocenters. The average molecular weight is 237 g/mol. The third-order valence-corrected chi connectivity index (χ3v) is 3.37. The topological polar surface area (TPSA) is 62.5 Å². The van der Waals surface area contributed by atoms with Crippen LogP contribution in [-0.4, -0.2) is 17.1 Å². The Labute approximate surface area is 101 Å². The van der Waals surface area contributed by atoms with Crippen LogP contribution in [0.2, 0.25) is 0 Å². The Morgan fingerprint density at radius 1 is 1.59 bits per heavy atom. The fourth-order valence-corrected chi connectivity index (χ4v) is 2.43. The van der Waals surface area contributed by atoms with E-state index in [9.17, 15) is 9.90 Å². The highest BCUT2D eigenvalue weighted by Gasteiger charge is 2.29. The molecule has 0 bridgehead atoms. The summed E-state index contributed by atoms with van der Waals surface area (Å²) in [5.41, 5.74) is 1.13. The van der Waals surface area contributed by atoms with Crippen molar-refractivity contribution < 1.29 is 14.3 Å². The van der Waals surface area contributed by atoms with Crippen LogP contribution in [-0.2, 0) is 11.2 Å². The summed E-state index contributed by atoms with van der Waals surface area (Å²) in [7, 11) is 0. The standard InChI is InChI=1S/C13H19NO3/c1-8(2)12(13(15)16)14-10-4-3-5-11-9(10)6-7-17-11/h6-8,10,12,14H,3-5H2,1-2H3,(H,15,16). The Morgan fingerprint density at radius 2 is 2.35 bits per heavy atom. The number of rotatable bonds is 4. The van der Waals surface area contributed by atoms with Crippen LogP contribution in [0.3, 0.4) is 0 Å². The lowest BCUT2D eigenvalue weighted by Gasteiger charge is -2.28. The molecular weight excluding hydrogens is 218 g/mol. The second kappa shape index (κ2) is 4.92. The molecule has 0 saturated heterocycles.